The Kier molecular flexibility index (Phi) is 8.25. The van der Waals surface area contributed by atoms with Crippen LogP contribution in [0.5, 0.6) is 0 Å². The molecule has 2 heterocycles. The highest BCUT2D eigenvalue weighted by atomic mass is 19.2. The summed E-state index contributed by atoms with van der Waals surface area (Å²) in [7, 11) is 1.51. The number of carbonyl (C=O) groups excluding carboxylic acids is 2. The maximum atomic E-state index is 14.4. The summed E-state index contributed by atoms with van der Waals surface area (Å²) in [5.74, 6) is -3.96. The van der Waals surface area contributed by atoms with Crippen molar-refractivity contribution in [3.05, 3.63) is 82.1 Å². The topological polar surface area (TPSA) is 88.5 Å². The number of likely N-dealkylation sites (tertiary alicyclic amines) is 1. The maximum Gasteiger partial charge on any atom is 0.322 e. The molecule has 0 spiro atoms. The Morgan fingerprint density at radius 2 is 1.82 bits per heavy atom. The molecular formula is C28H29F4N5O2. The van der Waals surface area contributed by atoms with Crippen molar-refractivity contribution < 1.29 is 27.2 Å². The summed E-state index contributed by atoms with van der Waals surface area (Å²) in [6.45, 7) is 3.62. The van der Waals surface area contributed by atoms with Crippen molar-refractivity contribution in [3.8, 4) is 6.07 Å². The van der Waals surface area contributed by atoms with E-state index in [0.717, 1.165) is 24.3 Å². The lowest BCUT2D eigenvalue weighted by atomic mass is 9.73. The molecule has 0 radical (unpaired) electrons. The van der Waals surface area contributed by atoms with Crippen molar-refractivity contribution in [1.82, 2.24) is 20.4 Å². The molecular weight excluding hydrogens is 514 g/mol. The molecule has 206 valence electrons. The van der Waals surface area contributed by atoms with E-state index in [0.29, 0.717) is 51.1 Å². The summed E-state index contributed by atoms with van der Waals surface area (Å²) in [4.78, 5) is 28.9. The van der Waals surface area contributed by atoms with Crippen LogP contribution in [0.2, 0.25) is 0 Å². The standard InChI is InChI=1S/C28H29F4N5O2/c1-17-24(25(35-27(39)36(17)2)18-4-7-21(30)23(32)14-18)26(38)34-10-3-11-37-12-8-28(16-33,9-13-37)20-6-5-19(29)15-22(20)31/h4-7,14-15,25H,3,8-13H2,1-2H3,(H,34,38)(H,35,39)/t25-/m1/s1. The van der Waals surface area contributed by atoms with E-state index in [1.54, 1.807) is 6.92 Å². The smallest absolute Gasteiger partial charge is 0.322 e. The fourth-order valence-corrected chi connectivity index (χ4v) is 5.15. The third kappa shape index (κ3) is 5.76. The Morgan fingerprint density at radius 1 is 1.10 bits per heavy atom. The van der Waals surface area contributed by atoms with Gasteiger partial charge >= 0.3 is 6.03 Å². The number of carbonyl (C=O) groups is 2. The highest BCUT2D eigenvalue weighted by Gasteiger charge is 2.39. The fraction of sp³-hybridized carbons (Fsp3) is 0.393. The van der Waals surface area contributed by atoms with Crippen molar-refractivity contribution in [1.29, 1.82) is 5.26 Å². The lowest BCUT2D eigenvalue weighted by Crippen LogP contribution is -2.48. The van der Waals surface area contributed by atoms with E-state index in [4.69, 9.17) is 0 Å². The zero-order chi connectivity index (χ0) is 28.3. The second kappa shape index (κ2) is 11.5. The van der Waals surface area contributed by atoms with Crippen molar-refractivity contribution in [2.45, 2.75) is 37.6 Å². The number of piperidine rings is 1. The van der Waals surface area contributed by atoms with Crippen LogP contribution in [0.3, 0.4) is 0 Å². The summed E-state index contributed by atoms with van der Waals surface area (Å²) in [5.41, 5.74) is 0.0524. The van der Waals surface area contributed by atoms with Gasteiger partial charge in [0.05, 0.1) is 23.1 Å². The quantitative estimate of drug-likeness (QED) is 0.403. The van der Waals surface area contributed by atoms with Crippen LogP contribution in [-0.2, 0) is 10.2 Å². The van der Waals surface area contributed by atoms with Gasteiger partial charge in [0.15, 0.2) is 11.6 Å². The first-order valence-electron chi connectivity index (χ1n) is 12.6. The van der Waals surface area contributed by atoms with Gasteiger partial charge in [0.1, 0.15) is 11.6 Å². The average Bonchev–Trinajstić information content (AvgIpc) is 2.91. The Hall–Kier alpha value is -3.91. The number of amides is 3. The second-order valence-electron chi connectivity index (χ2n) is 9.88. The van der Waals surface area contributed by atoms with Gasteiger partial charge in [-0.2, -0.15) is 5.26 Å². The van der Waals surface area contributed by atoms with Gasteiger partial charge in [-0.1, -0.05) is 12.1 Å². The van der Waals surface area contributed by atoms with Gasteiger partial charge in [-0.25, -0.2) is 22.4 Å². The molecule has 7 nitrogen and oxygen atoms in total. The Labute approximate surface area is 224 Å². The predicted molar refractivity (Wildman–Crippen MR) is 135 cm³/mol. The third-order valence-electron chi connectivity index (χ3n) is 7.58. The van der Waals surface area contributed by atoms with Crippen LogP contribution in [0.4, 0.5) is 22.4 Å². The van der Waals surface area contributed by atoms with Crippen molar-refractivity contribution in [2.24, 2.45) is 0 Å². The van der Waals surface area contributed by atoms with E-state index in [-0.39, 0.29) is 16.7 Å². The van der Waals surface area contributed by atoms with E-state index in [1.165, 1.54) is 24.1 Å². The molecule has 2 aliphatic heterocycles. The number of urea groups is 1. The zero-order valence-electron chi connectivity index (χ0n) is 21.7. The molecule has 11 heteroatoms. The molecule has 3 amide bonds. The first-order chi connectivity index (χ1) is 18.6. The highest BCUT2D eigenvalue weighted by Crippen LogP contribution is 2.37. The van der Waals surface area contributed by atoms with Crippen LogP contribution in [0.1, 0.15) is 43.4 Å². The monoisotopic (exact) mass is 543 g/mol. The number of halogens is 4. The SMILES string of the molecule is CC1=C(C(=O)NCCCN2CCC(C#N)(c3ccc(F)cc3F)CC2)[C@@H](c2ccc(F)c(F)c2)NC(=O)N1C. The summed E-state index contributed by atoms with van der Waals surface area (Å²) >= 11 is 0. The van der Waals surface area contributed by atoms with Crippen molar-refractivity contribution in [2.75, 3.05) is 33.2 Å². The lowest BCUT2D eigenvalue weighted by molar-refractivity contribution is -0.118. The van der Waals surface area contributed by atoms with Crippen LogP contribution >= 0.6 is 0 Å². The number of nitriles is 1. The molecule has 0 unspecified atom stereocenters. The molecule has 4 rings (SSSR count). The van der Waals surface area contributed by atoms with Gasteiger partial charge in [-0.05, 0) is 69.6 Å². The molecule has 1 saturated heterocycles. The molecule has 39 heavy (non-hydrogen) atoms. The Balaban J connectivity index is 1.35. The highest BCUT2D eigenvalue weighted by molar-refractivity contribution is 5.98. The van der Waals surface area contributed by atoms with Crippen LogP contribution < -0.4 is 10.6 Å². The number of benzene rings is 2. The first kappa shape index (κ1) is 28.1. The fourth-order valence-electron chi connectivity index (χ4n) is 5.15. The number of hydrogen-bond donors (Lipinski definition) is 2. The minimum absolute atomic E-state index is 0.210. The third-order valence-corrected chi connectivity index (χ3v) is 7.58. The van der Waals surface area contributed by atoms with Gasteiger partial charge in [-0.15, -0.1) is 0 Å². The summed E-state index contributed by atoms with van der Waals surface area (Å²) in [5, 5.41) is 15.3. The van der Waals surface area contributed by atoms with E-state index >= 15 is 0 Å². The van der Waals surface area contributed by atoms with Crippen LogP contribution in [0.15, 0.2) is 47.7 Å². The molecule has 2 aliphatic rings. The van der Waals surface area contributed by atoms with Crippen LogP contribution in [0, 0.1) is 34.6 Å². The van der Waals surface area contributed by atoms with Gasteiger partial charge in [0, 0.05) is 30.9 Å². The molecule has 1 atom stereocenters. The molecule has 2 N–H and O–H groups in total. The maximum absolute atomic E-state index is 14.4. The number of nitrogens with zero attached hydrogens (tertiary/aromatic N) is 3. The number of nitrogens with one attached hydrogen (secondary N) is 2. The molecule has 0 saturated carbocycles. The van der Waals surface area contributed by atoms with Crippen molar-refractivity contribution in [3.63, 3.8) is 0 Å². The molecule has 1 fully saturated rings. The first-order valence-corrected chi connectivity index (χ1v) is 12.6. The van der Waals surface area contributed by atoms with Crippen molar-refractivity contribution >= 4 is 11.9 Å². The molecule has 0 aliphatic carbocycles. The summed E-state index contributed by atoms with van der Waals surface area (Å²) < 4.78 is 55.1. The van der Waals surface area contributed by atoms with Gasteiger partial charge < -0.3 is 20.4 Å². The number of allylic oxidation sites excluding steroid dienone is 1. The number of hydrogen-bond acceptors (Lipinski definition) is 4. The second-order valence-corrected chi connectivity index (χ2v) is 9.88. The zero-order valence-corrected chi connectivity index (χ0v) is 21.7. The summed E-state index contributed by atoms with van der Waals surface area (Å²) in [6.07, 6.45) is 1.37. The average molecular weight is 544 g/mol. The minimum atomic E-state index is -1.08. The van der Waals surface area contributed by atoms with Gasteiger partial charge in [-0.3, -0.25) is 4.79 Å². The molecule has 2 aromatic rings. The van der Waals surface area contributed by atoms with E-state index in [1.807, 2.05) is 0 Å². The van der Waals surface area contributed by atoms with Gasteiger partial charge in [0.2, 0.25) is 0 Å². The molecule has 2 aromatic carbocycles. The largest absolute Gasteiger partial charge is 0.352 e. The van der Waals surface area contributed by atoms with E-state index < -0.39 is 46.7 Å². The van der Waals surface area contributed by atoms with Crippen LogP contribution in [0.25, 0.3) is 0 Å². The Bertz CT molecular complexity index is 1350. The normalized spacial score (nSPS) is 19.5. The van der Waals surface area contributed by atoms with E-state index in [2.05, 4.69) is 21.6 Å². The number of rotatable bonds is 7. The predicted octanol–water partition coefficient (Wildman–Crippen LogP) is 4.28. The van der Waals surface area contributed by atoms with E-state index in [9.17, 15) is 32.4 Å². The molecule has 0 aromatic heterocycles. The lowest BCUT2D eigenvalue weighted by Gasteiger charge is -2.37. The minimum Gasteiger partial charge on any atom is -0.352 e. The Morgan fingerprint density at radius 3 is 2.46 bits per heavy atom. The molecule has 0 bridgehead atoms. The summed E-state index contributed by atoms with van der Waals surface area (Å²) in [6, 6.07) is 7.35. The van der Waals surface area contributed by atoms with Gasteiger partial charge in [0.25, 0.3) is 5.91 Å². The van der Waals surface area contributed by atoms with Crippen LogP contribution in [-0.4, -0.2) is 55.0 Å².